The zero-order valence-electron chi connectivity index (χ0n) is 6.46. The SMILES string of the molecule is Brc1cccc(C2=NCCO2)c1. The van der Waals surface area contributed by atoms with Crippen LogP contribution in [0.3, 0.4) is 0 Å². The second-order valence-corrected chi connectivity index (χ2v) is 3.46. The number of rotatable bonds is 1. The summed E-state index contributed by atoms with van der Waals surface area (Å²) in [6.45, 7) is 1.49. The number of benzene rings is 1. The van der Waals surface area contributed by atoms with Crippen molar-refractivity contribution in [1.82, 2.24) is 0 Å². The number of hydrogen-bond acceptors (Lipinski definition) is 2. The molecule has 12 heavy (non-hydrogen) atoms. The summed E-state index contributed by atoms with van der Waals surface area (Å²) < 4.78 is 6.38. The molecule has 0 fully saturated rings. The number of hydrogen-bond donors (Lipinski definition) is 0. The average molecular weight is 226 g/mol. The Labute approximate surface area is 79.4 Å². The molecule has 0 N–H and O–H groups in total. The standard InChI is InChI=1S/C9H8BrNO/c10-8-3-1-2-7(6-8)9-11-4-5-12-9/h1-3,6H,4-5H2. The third-order valence-electron chi connectivity index (χ3n) is 1.66. The summed E-state index contributed by atoms with van der Waals surface area (Å²) in [5, 5.41) is 0. The van der Waals surface area contributed by atoms with E-state index in [-0.39, 0.29) is 0 Å². The van der Waals surface area contributed by atoms with Crippen LogP contribution in [-0.2, 0) is 4.74 Å². The molecule has 0 atom stereocenters. The molecule has 0 amide bonds. The predicted molar refractivity (Wildman–Crippen MR) is 51.5 cm³/mol. The van der Waals surface area contributed by atoms with Gasteiger partial charge in [0.05, 0.1) is 6.54 Å². The van der Waals surface area contributed by atoms with Crippen molar-refractivity contribution in [2.24, 2.45) is 4.99 Å². The minimum Gasteiger partial charge on any atom is -0.476 e. The molecule has 1 aliphatic rings. The first kappa shape index (κ1) is 7.80. The van der Waals surface area contributed by atoms with Gasteiger partial charge in [-0.05, 0) is 18.2 Å². The Kier molecular flexibility index (Phi) is 2.13. The highest BCUT2D eigenvalue weighted by atomic mass is 79.9. The van der Waals surface area contributed by atoms with Crippen molar-refractivity contribution < 1.29 is 4.74 Å². The third kappa shape index (κ3) is 1.50. The smallest absolute Gasteiger partial charge is 0.216 e. The summed E-state index contributed by atoms with van der Waals surface area (Å²) in [7, 11) is 0. The Balaban J connectivity index is 2.33. The van der Waals surface area contributed by atoms with E-state index in [0.29, 0.717) is 6.61 Å². The average Bonchev–Trinajstić information content (AvgIpc) is 2.56. The maximum atomic E-state index is 5.32. The largest absolute Gasteiger partial charge is 0.476 e. The molecule has 0 bridgehead atoms. The van der Waals surface area contributed by atoms with Crippen LogP contribution in [0.1, 0.15) is 5.56 Å². The molecular weight excluding hydrogens is 218 g/mol. The van der Waals surface area contributed by atoms with Gasteiger partial charge in [-0.15, -0.1) is 0 Å². The van der Waals surface area contributed by atoms with Gasteiger partial charge in [0.2, 0.25) is 5.90 Å². The van der Waals surface area contributed by atoms with Crippen LogP contribution in [0.15, 0.2) is 33.7 Å². The van der Waals surface area contributed by atoms with E-state index in [2.05, 4.69) is 20.9 Å². The van der Waals surface area contributed by atoms with E-state index in [9.17, 15) is 0 Å². The van der Waals surface area contributed by atoms with Gasteiger partial charge in [-0.1, -0.05) is 22.0 Å². The van der Waals surface area contributed by atoms with E-state index < -0.39 is 0 Å². The molecule has 3 heteroatoms. The first-order valence-electron chi connectivity index (χ1n) is 3.79. The van der Waals surface area contributed by atoms with Crippen LogP contribution in [0.25, 0.3) is 0 Å². The van der Waals surface area contributed by atoms with Gasteiger partial charge >= 0.3 is 0 Å². The number of nitrogens with zero attached hydrogens (tertiary/aromatic N) is 1. The third-order valence-corrected chi connectivity index (χ3v) is 2.15. The molecule has 1 aromatic carbocycles. The lowest BCUT2D eigenvalue weighted by Gasteiger charge is -2.00. The van der Waals surface area contributed by atoms with E-state index in [4.69, 9.17) is 4.74 Å². The van der Waals surface area contributed by atoms with Crippen molar-refractivity contribution in [1.29, 1.82) is 0 Å². The van der Waals surface area contributed by atoms with E-state index in [1.165, 1.54) is 0 Å². The lowest BCUT2D eigenvalue weighted by molar-refractivity contribution is 0.348. The van der Waals surface area contributed by atoms with Crippen LogP contribution >= 0.6 is 15.9 Å². The molecule has 0 saturated heterocycles. The summed E-state index contributed by atoms with van der Waals surface area (Å²) in [6, 6.07) is 7.96. The second-order valence-electron chi connectivity index (χ2n) is 2.55. The molecular formula is C9H8BrNO. The van der Waals surface area contributed by atoms with Crippen molar-refractivity contribution in [3.05, 3.63) is 34.3 Å². The Hall–Kier alpha value is -0.830. The lowest BCUT2D eigenvalue weighted by atomic mass is 10.2. The van der Waals surface area contributed by atoms with Gasteiger partial charge in [-0.3, -0.25) is 0 Å². The van der Waals surface area contributed by atoms with Gasteiger partial charge in [0, 0.05) is 10.0 Å². The Morgan fingerprint density at radius 1 is 1.42 bits per heavy atom. The highest BCUT2D eigenvalue weighted by Crippen LogP contribution is 2.14. The van der Waals surface area contributed by atoms with Crippen molar-refractivity contribution in [3.63, 3.8) is 0 Å². The predicted octanol–water partition coefficient (Wildman–Crippen LogP) is 2.23. The van der Waals surface area contributed by atoms with Crippen LogP contribution in [0.2, 0.25) is 0 Å². The van der Waals surface area contributed by atoms with E-state index in [1.54, 1.807) is 0 Å². The van der Waals surface area contributed by atoms with Crippen molar-refractivity contribution >= 4 is 21.8 Å². The Morgan fingerprint density at radius 3 is 3.00 bits per heavy atom. The minimum atomic E-state index is 0.710. The first-order chi connectivity index (χ1) is 5.86. The first-order valence-corrected chi connectivity index (χ1v) is 4.59. The van der Waals surface area contributed by atoms with Gasteiger partial charge < -0.3 is 4.74 Å². The Bertz CT molecular complexity index is 322. The molecule has 0 radical (unpaired) electrons. The summed E-state index contributed by atoms with van der Waals surface area (Å²) >= 11 is 3.40. The normalized spacial score (nSPS) is 15.6. The van der Waals surface area contributed by atoms with E-state index in [0.717, 1.165) is 22.5 Å². The zero-order chi connectivity index (χ0) is 8.39. The maximum absolute atomic E-state index is 5.32. The molecule has 1 aliphatic heterocycles. The number of ether oxygens (including phenoxy) is 1. The fraction of sp³-hybridized carbons (Fsp3) is 0.222. The summed E-state index contributed by atoms with van der Waals surface area (Å²) in [5.74, 6) is 0.760. The van der Waals surface area contributed by atoms with E-state index in [1.807, 2.05) is 24.3 Å². The van der Waals surface area contributed by atoms with Gasteiger partial charge in [-0.2, -0.15) is 0 Å². The molecule has 0 unspecified atom stereocenters. The lowest BCUT2D eigenvalue weighted by Crippen LogP contribution is -2.00. The van der Waals surface area contributed by atoms with Crippen LogP contribution in [0, 0.1) is 0 Å². The molecule has 1 heterocycles. The molecule has 62 valence electrons. The highest BCUT2D eigenvalue weighted by molar-refractivity contribution is 9.10. The maximum Gasteiger partial charge on any atom is 0.216 e. The van der Waals surface area contributed by atoms with Crippen LogP contribution in [0.5, 0.6) is 0 Å². The summed E-state index contributed by atoms with van der Waals surface area (Å²) in [6.07, 6.45) is 0. The fourth-order valence-electron chi connectivity index (χ4n) is 1.13. The van der Waals surface area contributed by atoms with Crippen LogP contribution < -0.4 is 0 Å². The minimum absolute atomic E-state index is 0.710. The Morgan fingerprint density at radius 2 is 2.33 bits per heavy atom. The van der Waals surface area contributed by atoms with Gasteiger partial charge in [0.15, 0.2) is 0 Å². The van der Waals surface area contributed by atoms with Gasteiger partial charge in [0.1, 0.15) is 6.61 Å². The van der Waals surface area contributed by atoms with Gasteiger partial charge in [-0.25, -0.2) is 4.99 Å². The quantitative estimate of drug-likeness (QED) is 0.719. The highest BCUT2D eigenvalue weighted by Gasteiger charge is 2.09. The molecule has 2 rings (SSSR count). The molecule has 0 saturated carbocycles. The van der Waals surface area contributed by atoms with Crippen molar-refractivity contribution in [2.75, 3.05) is 13.2 Å². The van der Waals surface area contributed by atoms with E-state index >= 15 is 0 Å². The molecule has 1 aromatic rings. The summed E-state index contributed by atoms with van der Waals surface area (Å²) in [4.78, 5) is 4.22. The zero-order valence-corrected chi connectivity index (χ0v) is 8.04. The molecule has 0 spiro atoms. The van der Waals surface area contributed by atoms with Crippen molar-refractivity contribution in [3.8, 4) is 0 Å². The summed E-state index contributed by atoms with van der Waals surface area (Å²) in [5.41, 5.74) is 1.04. The number of aliphatic imine (C=N–C) groups is 1. The topological polar surface area (TPSA) is 21.6 Å². The molecule has 2 nitrogen and oxygen atoms in total. The molecule has 0 aliphatic carbocycles. The monoisotopic (exact) mass is 225 g/mol. The van der Waals surface area contributed by atoms with Gasteiger partial charge in [0.25, 0.3) is 0 Å². The van der Waals surface area contributed by atoms with Crippen molar-refractivity contribution in [2.45, 2.75) is 0 Å². The van der Waals surface area contributed by atoms with Crippen LogP contribution in [0.4, 0.5) is 0 Å². The van der Waals surface area contributed by atoms with Crippen LogP contribution in [-0.4, -0.2) is 19.0 Å². The molecule has 0 aromatic heterocycles. The second kappa shape index (κ2) is 3.27. The fourth-order valence-corrected chi connectivity index (χ4v) is 1.53. The number of halogens is 1.